The third-order valence-corrected chi connectivity index (χ3v) is 11.5. The summed E-state index contributed by atoms with van der Waals surface area (Å²) in [5, 5.41) is 23.9. The first-order chi connectivity index (χ1) is 22.1. The Morgan fingerprint density at radius 1 is 0.978 bits per heavy atom. The van der Waals surface area contributed by atoms with E-state index in [9.17, 15) is 19.8 Å². The molecule has 0 aliphatic heterocycles. The highest BCUT2D eigenvalue weighted by Crippen LogP contribution is 2.63. The summed E-state index contributed by atoms with van der Waals surface area (Å²) in [7, 11) is 0. The number of fused-ring (bicyclic) bond motifs is 5. The number of benzene rings is 2. The number of halogens is 1. The summed E-state index contributed by atoms with van der Waals surface area (Å²) in [6.07, 6.45) is 11.1. The van der Waals surface area contributed by atoms with Crippen LogP contribution in [0.15, 0.2) is 42.5 Å². The van der Waals surface area contributed by atoms with Crippen LogP contribution in [0.4, 0.5) is 10.1 Å². The summed E-state index contributed by atoms with van der Waals surface area (Å²) in [4.78, 5) is 26.8. The van der Waals surface area contributed by atoms with Crippen molar-refractivity contribution in [1.29, 1.82) is 0 Å². The number of carbonyl (C=O) groups is 2. The van der Waals surface area contributed by atoms with Crippen LogP contribution in [0, 0.1) is 23.2 Å². The van der Waals surface area contributed by atoms with Crippen molar-refractivity contribution in [2.45, 2.75) is 122 Å². The molecule has 2 amide bonds. The van der Waals surface area contributed by atoms with Crippen LogP contribution in [0.2, 0.25) is 0 Å². The van der Waals surface area contributed by atoms with Crippen LogP contribution in [0.1, 0.15) is 125 Å². The second-order valence-corrected chi connectivity index (χ2v) is 14.7. The predicted octanol–water partition coefficient (Wildman–Crippen LogP) is 8.41. The van der Waals surface area contributed by atoms with Crippen LogP contribution in [-0.4, -0.2) is 52.3 Å². The number of hydrogen-bond donors (Lipinski definition) is 3. The topological polar surface area (TPSA) is 89.9 Å². The molecule has 0 spiro atoms. The van der Waals surface area contributed by atoms with Crippen LogP contribution < -0.4 is 5.32 Å². The maximum Gasteiger partial charge on any atom is 0.253 e. The second-order valence-electron chi connectivity index (χ2n) is 14.7. The van der Waals surface area contributed by atoms with Gasteiger partial charge in [0, 0.05) is 37.2 Å². The van der Waals surface area contributed by atoms with Gasteiger partial charge in [0.25, 0.3) is 5.91 Å². The molecule has 7 atom stereocenters. The molecule has 252 valence electrons. The molecule has 3 aliphatic rings. The lowest BCUT2D eigenvalue weighted by molar-refractivity contribution is -0.114. The Labute approximate surface area is 275 Å². The van der Waals surface area contributed by atoms with Gasteiger partial charge in [0.05, 0.1) is 6.10 Å². The molecule has 2 aromatic carbocycles. The first-order valence-electron chi connectivity index (χ1n) is 17.9. The number of phenols is 1. The summed E-state index contributed by atoms with van der Waals surface area (Å²) in [5.74, 6) is 0.885. The minimum Gasteiger partial charge on any atom is -0.508 e. The van der Waals surface area contributed by atoms with Crippen molar-refractivity contribution in [3.8, 4) is 5.75 Å². The van der Waals surface area contributed by atoms with E-state index in [1.165, 1.54) is 13.3 Å². The van der Waals surface area contributed by atoms with E-state index in [0.29, 0.717) is 29.5 Å². The van der Waals surface area contributed by atoms with Gasteiger partial charge in [0.2, 0.25) is 5.91 Å². The third kappa shape index (κ3) is 7.61. The van der Waals surface area contributed by atoms with Gasteiger partial charge in [0.15, 0.2) is 0 Å². The number of aromatic hydroxyl groups is 1. The normalized spacial score (nSPS) is 28.2. The Balaban J connectivity index is 1.18. The number of unbranched alkanes of at least 4 members (excludes halogenated alkanes) is 6. The molecule has 2 aromatic rings. The molecule has 0 saturated heterocycles. The van der Waals surface area contributed by atoms with Gasteiger partial charge in [-0.05, 0) is 116 Å². The van der Waals surface area contributed by atoms with Gasteiger partial charge in [0.1, 0.15) is 11.9 Å². The molecule has 5 rings (SSSR count). The van der Waals surface area contributed by atoms with Crippen molar-refractivity contribution in [2.75, 3.05) is 18.4 Å². The van der Waals surface area contributed by atoms with E-state index in [0.717, 1.165) is 94.8 Å². The third-order valence-electron chi connectivity index (χ3n) is 11.5. The fourth-order valence-electron chi connectivity index (χ4n) is 9.22. The highest BCUT2D eigenvalue weighted by atomic mass is 19.1. The summed E-state index contributed by atoms with van der Waals surface area (Å²) in [5.41, 5.74) is 3.14. The average molecular weight is 635 g/mol. The molecule has 3 N–H and O–H groups in total. The number of aliphatic hydroxyl groups excluding tert-OH is 1. The van der Waals surface area contributed by atoms with Crippen molar-refractivity contribution >= 4 is 17.5 Å². The van der Waals surface area contributed by atoms with Crippen molar-refractivity contribution in [3.63, 3.8) is 0 Å². The SMILES string of the molecule is CCCCCCN(CCCCCC[C@@H]1Cc2cc(O)ccc2[C@@H]2[C@@H]1[C@@H]1CC[C@H](O)[C@@]1(C)C[C@@H]2F)C(=O)c1ccc(NC(C)=O)cc1. The van der Waals surface area contributed by atoms with Crippen molar-refractivity contribution in [3.05, 3.63) is 59.2 Å². The molecular formula is C39H55FN2O4. The highest BCUT2D eigenvalue weighted by molar-refractivity contribution is 5.95. The molecule has 0 heterocycles. The van der Waals surface area contributed by atoms with Crippen molar-refractivity contribution in [1.82, 2.24) is 4.90 Å². The summed E-state index contributed by atoms with van der Waals surface area (Å²) in [6, 6.07) is 12.7. The maximum atomic E-state index is 16.1. The molecule has 0 aromatic heterocycles. The van der Waals surface area contributed by atoms with E-state index in [1.807, 2.05) is 17.0 Å². The lowest BCUT2D eigenvalue weighted by Crippen LogP contribution is -2.51. The summed E-state index contributed by atoms with van der Waals surface area (Å²) < 4.78 is 16.1. The van der Waals surface area contributed by atoms with E-state index < -0.39 is 12.3 Å². The van der Waals surface area contributed by atoms with E-state index in [4.69, 9.17) is 0 Å². The molecular weight excluding hydrogens is 579 g/mol. The molecule has 2 fully saturated rings. The van der Waals surface area contributed by atoms with Gasteiger partial charge in [-0.2, -0.15) is 0 Å². The fraction of sp³-hybridized carbons (Fsp3) is 0.641. The molecule has 6 nitrogen and oxygen atoms in total. The van der Waals surface area contributed by atoms with Crippen LogP contribution in [0.3, 0.4) is 0 Å². The average Bonchev–Trinajstić information content (AvgIpc) is 3.32. The Bertz CT molecular complexity index is 1330. The van der Waals surface area contributed by atoms with Gasteiger partial charge in [-0.1, -0.05) is 58.4 Å². The Morgan fingerprint density at radius 3 is 2.37 bits per heavy atom. The standard InChI is InChI=1S/C39H55FN2O4/c1-4-5-6-10-21-42(38(46)27-13-15-30(16-14-27)41-26(2)43)22-11-8-7-9-12-28-23-29-24-31(44)17-18-32(29)37-34(40)25-39(3)33(36(28)37)19-20-35(39)45/h13-18,24,28,33-37,44-45H,4-12,19-23,25H2,1-3H3,(H,41,43)/t28-,33+,34+,35+,36+,37+,39+/m1/s1. The highest BCUT2D eigenvalue weighted by Gasteiger charge is 2.59. The molecule has 2 saturated carbocycles. The molecule has 0 bridgehead atoms. The number of alkyl halides is 1. The van der Waals surface area contributed by atoms with Crippen LogP contribution in [-0.2, 0) is 11.2 Å². The zero-order valence-corrected chi connectivity index (χ0v) is 28.1. The first-order valence-corrected chi connectivity index (χ1v) is 17.9. The number of phenolic OH excluding ortho intramolecular Hbond substituents is 1. The quantitative estimate of drug-likeness (QED) is 0.182. The number of amides is 2. The van der Waals surface area contributed by atoms with E-state index in [-0.39, 0.29) is 34.8 Å². The Hall–Kier alpha value is -2.93. The number of nitrogens with zero attached hydrogens (tertiary/aromatic N) is 1. The number of carbonyl (C=O) groups excluding carboxylic acids is 2. The lowest BCUT2D eigenvalue weighted by atomic mass is 9.51. The number of hydrogen-bond acceptors (Lipinski definition) is 4. The van der Waals surface area contributed by atoms with Gasteiger partial charge < -0.3 is 20.4 Å². The lowest BCUT2D eigenvalue weighted by Gasteiger charge is -2.54. The van der Waals surface area contributed by atoms with E-state index >= 15 is 4.39 Å². The predicted molar refractivity (Wildman–Crippen MR) is 182 cm³/mol. The van der Waals surface area contributed by atoms with Gasteiger partial charge >= 0.3 is 0 Å². The second kappa shape index (κ2) is 15.3. The van der Waals surface area contributed by atoms with Gasteiger partial charge in [-0.25, -0.2) is 4.39 Å². The van der Waals surface area contributed by atoms with Crippen molar-refractivity contribution < 1.29 is 24.2 Å². The van der Waals surface area contributed by atoms with Crippen LogP contribution in [0.5, 0.6) is 5.75 Å². The fourth-order valence-corrected chi connectivity index (χ4v) is 9.22. The molecule has 3 aliphatic carbocycles. The first kappa shape index (κ1) is 34.4. The Kier molecular flexibility index (Phi) is 11.5. The van der Waals surface area contributed by atoms with E-state index in [1.54, 1.807) is 30.3 Å². The molecule has 0 unspecified atom stereocenters. The van der Waals surface area contributed by atoms with Gasteiger partial charge in [-0.15, -0.1) is 0 Å². The summed E-state index contributed by atoms with van der Waals surface area (Å²) in [6.45, 7) is 7.25. The summed E-state index contributed by atoms with van der Waals surface area (Å²) >= 11 is 0. The largest absolute Gasteiger partial charge is 0.508 e. The molecule has 0 radical (unpaired) electrons. The number of aliphatic hydroxyl groups is 1. The van der Waals surface area contributed by atoms with Gasteiger partial charge in [-0.3, -0.25) is 9.59 Å². The zero-order chi connectivity index (χ0) is 32.8. The number of anilines is 1. The van der Waals surface area contributed by atoms with Crippen LogP contribution >= 0.6 is 0 Å². The number of rotatable bonds is 14. The smallest absolute Gasteiger partial charge is 0.253 e. The Morgan fingerprint density at radius 2 is 1.67 bits per heavy atom. The van der Waals surface area contributed by atoms with Crippen LogP contribution in [0.25, 0.3) is 0 Å². The maximum absolute atomic E-state index is 16.1. The van der Waals surface area contributed by atoms with E-state index in [2.05, 4.69) is 19.2 Å². The number of nitrogens with one attached hydrogen (secondary N) is 1. The molecule has 46 heavy (non-hydrogen) atoms. The zero-order valence-electron chi connectivity index (χ0n) is 28.1. The minimum absolute atomic E-state index is 0.0425. The molecule has 7 heteroatoms. The van der Waals surface area contributed by atoms with Crippen molar-refractivity contribution in [2.24, 2.45) is 23.2 Å². The minimum atomic E-state index is -0.979. The monoisotopic (exact) mass is 634 g/mol.